The quantitative estimate of drug-likeness (QED) is 0.470. The van der Waals surface area contributed by atoms with Gasteiger partial charge in [-0.3, -0.25) is 10.1 Å². The zero-order valence-corrected chi connectivity index (χ0v) is 18.1. The van der Waals surface area contributed by atoms with Crippen molar-refractivity contribution in [2.24, 2.45) is 0 Å². The zero-order chi connectivity index (χ0) is 23.0. The Morgan fingerprint density at radius 1 is 0.788 bits per heavy atom. The van der Waals surface area contributed by atoms with Gasteiger partial charge < -0.3 is 4.90 Å². The summed E-state index contributed by atoms with van der Waals surface area (Å²) < 4.78 is 37.8. The summed E-state index contributed by atoms with van der Waals surface area (Å²) in [5.74, 6) is -1.03. The van der Waals surface area contributed by atoms with E-state index in [1.807, 2.05) is 6.07 Å². The summed E-state index contributed by atoms with van der Waals surface area (Å²) in [7, 11) is 0. The van der Waals surface area contributed by atoms with E-state index in [0.29, 0.717) is 11.8 Å². The van der Waals surface area contributed by atoms with Crippen molar-refractivity contribution >= 4 is 11.5 Å². The van der Waals surface area contributed by atoms with Gasteiger partial charge in [0.25, 0.3) is 5.78 Å². The lowest BCUT2D eigenvalue weighted by Crippen LogP contribution is -2.27. The minimum atomic E-state index is -4.83. The minimum absolute atomic E-state index is 0.161. The van der Waals surface area contributed by atoms with Gasteiger partial charge in [-0.05, 0) is 53.5 Å². The molecule has 1 unspecified atom stereocenters. The number of hydrogen-bond acceptors (Lipinski definition) is 3. The summed E-state index contributed by atoms with van der Waals surface area (Å²) in [5, 5.41) is 3.58. The number of alkyl halides is 3. The second-order valence-corrected chi connectivity index (χ2v) is 8.87. The number of nitrogens with zero attached hydrogens (tertiary/aromatic N) is 1. The highest BCUT2D eigenvalue weighted by molar-refractivity contribution is 6.00. The van der Waals surface area contributed by atoms with Crippen LogP contribution in [0.1, 0.15) is 57.9 Å². The van der Waals surface area contributed by atoms with E-state index < -0.39 is 12.0 Å². The molecule has 0 bridgehead atoms. The third kappa shape index (κ3) is 4.40. The number of carbonyl (C=O) groups excluding carboxylic acids is 1. The van der Waals surface area contributed by atoms with Gasteiger partial charge in [0.2, 0.25) is 0 Å². The summed E-state index contributed by atoms with van der Waals surface area (Å²) in [6, 6.07) is 25.1. The average Bonchev–Trinajstić information content (AvgIpc) is 3.29. The Balaban J connectivity index is 1.21. The van der Waals surface area contributed by atoms with Crippen LogP contribution < -0.4 is 10.2 Å². The van der Waals surface area contributed by atoms with Crippen molar-refractivity contribution in [2.75, 3.05) is 18.0 Å². The fourth-order valence-corrected chi connectivity index (χ4v) is 4.94. The molecule has 1 saturated heterocycles. The molecule has 2 aliphatic rings. The second kappa shape index (κ2) is 8.67. The van der Waals surface area contributed by atoms with Crippen LogP contribution in [0.4, 0.5) is 18.9 Å². The zero-order valence-electron chi connectivity index (χ0n) is 18.1. The smallest absolute Gasteiger partial charge is 0.351 e. The number of carbonyl (C=O) groups is 1. The summed E-state index contributed by atoms with van der Waals surface area (Å²) in [6.45, 7) is 1.91. The lowest BCUT2D eigenvalue weighted by atomic mass is 9.68. The van der Waals surface area contributed by atoms with E-state index in [1.165, 1.54) is 28.9 Å². The fraction of sp³-hybridized carbons (Fsp3) is 0.296. The molecule has 1 N–H and O–H groups in total. The molecule has 3 aromatic carbocycles. The summed E-state index contributed by atoms with van der Waals surface area (Å²) in [5.41, 5.74) is 4.43. The predicted molar refractivity (Wildman–Crippen MR) is 123 cm³/mol. The van der Waals surface area contributed by atoms with Crippen molar-refractivity contribution in [3.05, 3.63) is 101 Å². The Morgan fingerprint density at radius 2 is 1.33 bits per heavy atom. The summed E-state index contributed by atoms with van der Waals surface area (Å²) >= 11 is 0. The maximum atomic E-state index is 12.6. The molecule has 6 heteroatoms. The van der Waals surface area contributed by atoms with Crippen molar-refractivity contribution in [3.63, 3.8) is 0 Å². The maximum Gasteiger partial charge on any atom is 0.454 e. The molecule has 3 aromatic rings. The molecule has 0 spiro atoms. The molecule has 2 fully saturated rings. The topological polar surface area (TPSA) is 32.3 Å². The normalized spacial score (nSPS) is 22.8. The van der Waals surface area contributed by atoms with Gasteiger partial charge >= 0.3 is 6.18 Å². The second-order valence-electron chi connectivity index (χ2n) is 8.87. The van der Waals surface area contributed by atoms with Crippen LogP contribution in [0.5, 0.6) is 0 Å². The van der Waals surface area contributed by atoms with Crippen LogP contribution in [0.2, 0.25) is 0 Å². The van der Waals surface area contributed by atoms with Crippen molar-refractivity contribution in [3.8, 4) is 0 Å². The molecule has 0 radical (unpaired) electrons. The number of halogens is 3. The first-order valence-electron chi connectivity index (χ1n) is 11.3. The van der Waals surface area contributed by atoms with Gasteiger partial charge in [0.15, 0.2) is 0 Å². The Kier molecular flexibility index (Phi) is 5.71. The average molecular weight is 451 g/mol. The van der Waals surface area contributed by atoms with Crippen LogP contribution in [0.3, 0.4) is 0 Å². The Morgan fingerprint density at radius 3 is 1.91 bits per heavy atom. The molecule has 0 amide bonds. The van der Waals surface area contributed by atoms with E-state index in [-0.39, 0.29) is 11.7 Å². The Bertz CT molecular complexity index is 1100. The van der Waals surface area contributed by atoms with Gasteiger partial charge in [-0.1, -0.05) is 66.7 Å². The minimum Gasteiger partial charge on any atom is -0.351 e. The number of anilines is 1. The lowest BCUT2D eigenvalue weighted by Gasteiger charge is -2.36. The van der Waals surface area contributed by atoms with Crippen LogP contribution in [0.25, 0.3) is 0 Å². The van der Waals surface area contributed by atoms with Crippen LogP contribution in [-0.2, 0) is 0 Å². The number of hydrogen-bond donors (Lipinski definition) is 1. The van der Waals surface area contributed by atoms with Crippen molar-refractivity contribution in [2.45, 2.75) is 37.0 Å². The Labute approximate surface area is 191 Å². The standard InChI is InChI=1S/C27H25F3N2O/c28-27(29,30)25(33)20-10-6-18(7-11-20)22-16-23(17-22)19-8-12-21(13-9-19)26-31-14-15-32(26)24-4-2-1-3-5-24/h1-13,22-23,26,31H,14-17H2. The molecular formula is C27H25F3N2O. The number of rotatable bonds is 5. The number of benzene rings is 3. The first kappa shape index (κ1) is 21.7. The van der Waals surface area contributed by atoms with E-state index in [4.69, 9.17) is 0 Å². The number of Topliss-reactive ketones (excluding diaryl/α,β-unsaturated/α-hetero) is 1. The number of para-hydroxylation sites is 1. The predicted octanol–water partition coefficient (Wildman–Crippen LogP) is 6.20. The van der Waals surface area contributed by atoms with E-state index >= 15 is 0 Å². The van der Waals surface area contributed by atoms with E-state index in [0.717, 1.165) is 31.5 Å². The third-order valence-electron chi connectivity index (χ3n) is 6.85. The van der Waals surface area contributed by atoms with Crippen molar-refractivity contribution in [1.29, 1.82) is 0 Å². The molecule has 1 aliphatic carbocycles. The largest absolute Gasteiger partial charge is 0.454 e. The van der Waals surface area contributed by atoms with Gasteiger partial charge in [0, 0.05) is 24.3 Å². The van der Waals surface area contributed by atoms with Crippen molar-refractivity contribution in [1.82, 2.24) is 5.32 Å². The van der Waals surface area contributed by atoms with Gasteiger partial charge in [0.05, 0.1) is 0 Å². The van der Waals surface area contributed by atoms with Crippen LogP contribution in [-0.4, -0.2) is 25.0 Å². The maximum absolute atomic E-state index is 12.6. The highest BCUT2D eigenvalue weighted by atomic mass is 19.4. The van der Waals surface area contributed by atoms with Crippen molar-refractivity contribution < 1.29 is 18.0 Å². The molecule has 1 atom stereocenters. The fourth-order valence-electron chi connectivity index (χ4n) is 4.94. The van der Waals surface area contributed by atoms with Crippen LogP contribution in [0, 0.1) is 0 Å². The van der Waals surface area contributed by atoms with Gasteiger partial charge in [-0.2, -0.15) is 13.2 Å². The van der Waals surface area contributed by atoms with E-state index in [9.17, 15) is 18.0 Å². The summed E-state index contributed by atoms with van der Waals surface area (Å²) in [4.78, 5) is 13.7. The van der Waals surface area contributed by atoms with E-state index in [1.54, 1.807) is 12.1 Å². The molecule has 1 heterocycles. The van der Waals surface area contributed by atoms with Crippen LogP contribution in [0.15, 0.2) is 78.9 Å². The van der Waals surface area contributed by atoms with Crippen LogP contribution >= 0.6 is 0 Å². The summed E-state index contributed by atoms with van der Waals surface area (Å²) in [6.07, 6.45) is -2.75. The molecule has 1 aliphatic heterocycles. The Hall–Kier alpha value is -3.12. The monoisotopic (exact) mass is 450 g/mol. The number of nitrogens with one attached hydrogen (secondary N) is 1. The number of ketones is 1. The molecule has 0 aromatic heterocycles. The molecule has 3 nitrogen and oxygen atoms in total. The highest BCUT2D eigenvalue weighted by Gasteiger charge is 2.39. The van der Waals surface area contributed by atoms with Gasteiger partial charge in [0.1, 0.15) is 6.17 Å². The molecule has 33 heavy (non-hydrogen) atoms. The molecule has 170 valence electrons. The van der Waals surface area contributed by atoms with E-state index in [2.05, 4.69) is 58.7 Å². The van der Waals surface area contributed by atoms with Gasteiger partial charge in [-0.25, -0.2) is 0 Å². The molecule has 5 rings (SSSR count). The first-order chi connectivity index (χ1) is 15.9. The first-order valence-corrected chi connectivity index (χ1v) is 11.3. The lowest BCUT2D eigenvalue weighted by molar-refractivity contribution is -0.0885. The van der Waals surface area contributed by atoms with Gasteiger partial charge in [-0.15, -0.1) is 0 Å². The highest BCUT2D eigenvalue weighted by Crippen LogP contribution is 2.47. The molecular weight excluding hydrogens is 425 g/mol. The molecule has 1 saturated carbocycles. The SMILES string of the molecule is O=C(c1ccc(C2CC(c3ccc(C4NCCN4c4ccccc4)cc3)C2)cc1)C(F)(F)F. The third-order valence-corrected chi connectivity index (χ3v) is 6.85.